The summed E-state index contributed by atoms with van der Waals surface area (Å²) in [6.07, 6.45) is 1.51. The van der Waals surface area contributed by atoms with Crippen molar-refractivity contribution >= 4 is 12.4 Å². The van der Waals surface area contributed by atoms with Gasteiger partial charge in [-0.15, -0.1) is 0 Å². The molecular formula is C7H8N3O. The molecule has 11 heavy (non-hydrogen) atoms. The zero-order valence-electron chi connectivity index (χ0n) is 6.38. The fraction of sp³-hybridized carbons (Fsp3) is 0.286. The van der Waals surface area contributed by atoms with Gasteiger partial charge in [0.05, 0.1) is 0 Å². The van der Waals surface area contributed by atoms with Crippen molar-refractivity contribution in [1.29, 1.82) is 0 Å². The molecule has 1 heterocycles. The molecule has 0 aliphatic heterocycles. The Balaban J connectivity index is 2.98. The van der Waals surface area contributed by atoms with E-state index in [2.05, 4.69) is 15.3 Å². The topological polar surface area (TPSA) is 54.9 Å². The smallest absolute Gasteiger partial charge is 0.286 e. The fourth-order valence-electron chi connectivity index (χ4n) is 0.827. The molecule has 0 aliphatic rings. The monoisotopic (exact) mass is 150 g/mol. The summed E-state index contributed by atoms with van der Waals surface area (Å²) in [4.78, 5) is 17.8. The van der Waals surface area contributed by atoms with E-state index in [1.165, 1.54) is 6.41 Å². The van der Waals surface area contributed by atoms with Crippen molar-refractivity contribution < 1.29 is 4.79 Å². The first-order chi connectivity index (χ1) is 5.22. The Bertz CT molecular complexity index is 252. The average molecular weight is 150 g/mol. The number of aromatic nitrogens is 2. The van der Waals surface area contributed by atoms with Gasteiger partial charge in [-0.25, -0.2) is 9.97 Å². The fourth-order valence-corrected chi connectivity index (χ4v) is 0.827. The van der Waals surface area contributed by atoms with Gasteiger partial charge in [-0.1, -0.05) is 0 Å². The van der Waals surface area contributed by atoms with Gasteiger partial charge in [0, 0.05) is 11.4 Å². The van der Waals surface area contributed by atoms with E-state index in [1.54, 1.807) is 0 Å². The van der Waals surface area contributed by atoms with E-state index in [9.17, 15) is 4.79 Å². The highest BCUT2D eigenvalue weighted by Gasteiger charge is 1.96. The molecule has 0 aliphatic carbocycles. The lowest BCUT2D eigenvalue weighted by Crippen LogP contribution is -2.01. The molecule has 1 rings (SSSR count). The Labute approximate surface area is 64.7 Å². The van der Waals surface area contributed by atoms with Crippen molar-refractivity contribution in [3.05, 3.63) is 17.5 Å². The number of carbonyl (C=O) groups excluding carboxylic acids is 1. The van der Waals surface area contributed by atoms with Crippen LogP contribution in [0, 0.1) is 13.8 Å². The maximum Gasteiger partial charge on any atom is 0.316 e. The number of nitrogens with zero attached hydrogens (tertiary/aromatic N) is 2. The third-order valence-electron chi connectivity index (χ3n) is 1.15. The predicted octanol–water partition coefficient (Wildman–Crippen LogP) is 0.573. The second kappa shape index (κ2) is 3.09. The summed E-state index contributed by atoms with van der Waals surface area (Å²) >= 11 is 0. The molecule has 0 spiro atoms. The zero-order valence-corrected chi connectivity index (χ0v) is 6.38. The minimum absolute atomic E-state index is 0.303. The molecule has 0 saturated heterocycles. The number of anilines is 1. The minimum Gasteiger partial charge on any atom is -0.286 e. The highest BCUT2D eigenvalue weighted by molar-refractivity contribution is 5.67. The molecule has 1 aromatic rings. The van der Waals surface area contributed by atoms with Crippen LogP contribution in [0.1, 0.15) is 11.4 Å². The molecule has 4 nitrogen and oxygen atoms in total. The van der Waals surface area contributed by atoms with E-state index in [4.69, 9.17) is 0 Å². The SMILES string of the molecule is Cc1cc(C)nc(N[C]=O)n1. The molecule has 1 amide bonds. The molecule has 0 unspecified atom stereocenters. The van der Waals surface area contributed by atoms with Crippen LogP contribution in [0.4, 0.5) is 5.95 Å². The van der Waals surface area contributed by atoms with Crippen LogP contribution in [0.2, 0.25) is 0 Å². The summed E-state index contributed by atoms with van der Waals surface area (Å²) in [5.74, 6) is 0.303. The van der Waals surface area contributed by atoms with Crippen LogP contribution < -0.4 is 5.32 Å². The Morgan fingerprint density at radius 1 is 1.36 bits per heavy atom. The first-order valence-electron chi connectivity index (χ1n) is 3.18. The Morgan fingerprint density at radius 2 is 1.91 bits per heavy atom. The highest BCUT2D eigenvalue weighted by Crippen LogP contribution is 2.01. The molecule has 0 bridgehead atoms. The molecule has 0 atom stereocenters. The van der Waals surface area contributed by atoms with Crippen LogP contribution in [0.25, 0.3) is 0 Å². The summed E-state index contributed by atoms with van der Waals surface area (Å²) in [6.45, 7) is 3.68. The lowest BCUT2D eigenvalue weighted by molar-refractivity contribution is 0.560. The van der Waals surface area contributed by atoms with E-state index < -0.39 is 0 Å². The quantitative estimate of drug-likeness (QED) is 0.627. The van der Waals surface area contributed by atoms with Gasteiger partial charge in [-0.3, -0.25) is 10.1 Å². The van der Waals surface area contributed by atoms with Crippen molar-refractivity contribution in [2.45, 2.75) is 13.8 Å². The van der Waals surface area contributed by atoms with E-state index >= 15 is 0 Å². The number of hydrogen-bond acceptors (Lipinski definition) is 3. The van der Waals surface area contributed by atoms with Gasteiger partial charge in [-0.05, 0) is 19.9 Å². The molecule has 0 saturated carbocycles. The van der Waals surface area contributed by atoms with Crippen LogP contribution in [0.15, 0.2) is 6.07 Å². The van der Waals surface area contributed by atoms with Crippen molar-refractivity contribution in [2.75, 3.05) is 5.32 Å². The summed E-state index contributed by atoms with van der Waals surface area (Å²) in [6, 6.07) is 1.83. The number of hydrogen-bond donors (Lipinski definition) is 1. The zero-order chi connectivity index (χ0) is 8.27. The third-order valence-corrected chi connectivity index (χ3v) is 1.15. The van der Waals surface area contributed by atoms with Crippen molar-refractivity contribution in [3.8, 4) is 0 Å². The minimum atomic E-state index is 0.303. The van der Waals surface area contributed by atoms with Gasteiger partial charge in [0.1, 0.15) is 0 Å². The average Bonchev–Trinajstić information content (AvgIpc) is 1.85. The molecule has 1 aromatic heterocycles. The maximum atomic E-state index is 9.88. The van der Waals surface area contributed by atoms with E-state index in [-0.39, 0.29) is 0 Å². The van der Waals surface area contributed by atoms with E-state index in [0.29, 0.717) is 5.95 Å². The van der Waals surface area contributed by atoms with Crippen LogP contribution in [-0.4, -0.2) is 16.4 Å². The lowest BCUT2D eigenvalue weighted by Gasteiger charge is -1.98. The largest absolute Gasteiger partial charge is 0.316 e. The molecule has 0 fully saturated rings. The van der Waals surface area contributed by atoms with E-state index in [1.807, 2.05) is 19.9 Å². The molecule has 0 aromatic carbocycles. The molecule has 1 N–H and O–H groups in total. The Hall–Kier alpha value is -1.45. The second-order valence-electron chi connectivity index (χ2n) is 2.20. The van der Waals surface area contributed by atoms with Gasteiger partial charge in [0.25, 0.3) is 0 Å². The van der Waals surface area contributed by atoms with Crippen molar-refractivity contribution in [3.63, 3.8) is 0 Å². The number of nitrogens with one attached hydrogen (secondary N) is 1. The summed E-state index contributed by atoms with van der Waals surface area (Å²) in [7, 11) is 0. The van der Waals surface area contributed by atoms with Gasteiger partial charge in [0.2, 0.25) is 5.95 Å². The molecule has 4 heteroatoms. The standard InChI is InChI=1S/C7H8N3O/c1-5-3-6(2)10-7(9-5)8-4-11/h3H,1-2H3,(H,8,9,10,11). The van der Waals surface area contributed by atoms with Crippen LogP contribution in [-0.2, 0) is 4.79 Å². The summed E-state index contributed by atoms with van der Waals surface area (Å²) in [5, 5.41) is 2.26. The van der Waals surface area contributed by atoms with E-state index in [0.717, 1.165) is 11.4 Å². The molecular weight excluding hydrogens is 142 g/mol. The van der Waals surface area contributed by atoms with Crippen molar-refractivity contribution in [1.82, 2.24) is 9.97 Å². The summed E-state index contributed by atoms with van der Waals surface area (Å²) in [5.41, 5.74) is 1.66. The highest BCUT2D eigenvalue weighted by atomic mass is 16.1. The van der Waals surface area contributed by atoms with Gasteiger partial charge in [-0.2, -0.15) is 0 Å². The van der Waals surface area contributed by atoms with Crippen molar-refractivity contribution in [2.24, 2.45) is 0 Å². The normalized spacial score (nSPS) is 9.27. The molecule has 57 valence electrons. The van der Waals surface area contributed by atoms with Crippen LogP contribution >= 0.6 is 0 Å². The molecule has 1 radical (unpaired) electrons. The predicted molar refractivity (Wildman–Crippen MR) is 40.8 cm³/mol. The maximum absolute atomic E-state index is 9.88. The Morgan fingerprint density at radius 3 is 2.36 bits per heavy atom. The lowest BCUT2D eigenvalue weighted by atomic mass is 10.4. The second-order valence-corrected chi connectivity index (χ2v) is 2.20. The van der Waals surface area contributed by atoms with Gasteiger partial charge in [0.15, 0.2) is 0 Å². The van der Waals surface area contributed by atoms with Gasteiger partial charge >= 0.3 is 6.41 Å². The first kappa shape index (κ1) is 7.65. The number of amides is 1. The number of aryl methyl sites for hydroxylation is 2. The summed E-state index contributed by atoms with van der Waals surface area (Å²) < 4.78 is 0. The van der Waals surface area contributed by atoms with Gasteiger partial charge < -0.3 is 0 Å². The Kier molecular flexibility index (Phi) is 2.15. The number of rotatable bonds is 2. The van der Waals surface area contributed by atoms with Crippen LogP contribution in [0.3, 0.4) is 0 Å². The van der Waals surface area contributed by atoms with Crippen LogP contribution in [0.5, 0.6) is 0 Å². The third kappa shape index (κ3) is 2.00. The first-order valence-corrected chi connectivity index (χ1v) is 3.18.